The van der Waals surface area contributed by atoms with Gasteiger partial charge in [-0.05, 0) is 0 Å². The van der Waals surface area contributed by atoms with E-state index < -0.39 is 10.0 Å². The molecule has 0 bridgehead atoms. The Morgan fingerprint density at radius 3 is 2.67 bits per heavy atom. The molecule has 0 aliphatic rings. The van der Waals surface area contributed by atoms with E-state index >= 15 is 0 Å². The smallest absolute Gasteiger partial charge is 0.266 e. The summed E-state index contributed by atoms with van der Waals surface area (Å²) in [5.74, 6) is -0.0829. The zero-order chi connectivity index (χ0) is 13.3. The average Bonchev–Trinajstić information content (AvgIpc) is 2.72. The van der Waals surface area contributed by atoms with Crippen LogP contribution in [0.1, 0.15) is 0 Å². The topological polar surface area (TPSA) is 89.8 Å². The third-order valence-corrected chi connectivity index (χ3v) is 4.00. The molecular weight excluding hydrogens is 301 g/mol. The predicted molar refractivity (Wildman–Crippen MR) is 66.1 cm³/mol. The van der Waals surface area contributed by atoms with Crippen LogP contribution in [0, 0.1) is 0 Å². The first-order valence-corrected chi connectivity index (χ1v) is 6.81. The van der Waals surface area contributed by atoms with Crippen molar-refractivity contribution in [2.24, 2.45) is 7.05 Å². The fourth-order valence-corrected chi connectivity index (χ4v) is 2.48. The molecule has 0 aliphatic heterocycles. The molecule has 2 heterocycles. The largest absolute Gasteiger partial charge is 0.274 e. The zero-order valence-corrected chi connectivity index (χ0v) is 11.3. The van der Waals surface area contributed by atoms with Gasteiger partial charge in [-0.15, -0.1) is 0 Å². The molecule has 2 aromatic heterocycles. The lowest BCUT2D eigenvalue weighted by Gasteiger charge is -2.06. The first-order chi connectivity index (χ1) is 8.40. The second-order valence-corrected chi connectivity index (χ2v) is 5.70. The van der Waals surface area contributed by atoms with Gasteiger partial charge in [-0.3, -0.25) is 9.40 Å². The van der Waals surface area contributed by atoms with E-state index in [-0.39, 0.29) is 20.9 Å². The molecule has 7 nitrogen and oxygen atoms in total. The maximum absolute atomic E-state index is 12.0. The summed E-state index contributed by atoms with van der Waals surface area (Å²) in [4.78, 5) is 7.33. The Labute approximate surface area is 113 Å². The van der Waals surface area contributed by atoms with Crippen LogP contribution in [-0.4, -0.2) is 28.2 Å². The van der Waals surface area contributed by atoms with Crippen molar-refractivity contribution in [3.63, 3.8) is 0 Å². The molecule has 2 rings (SSSR count). The van der Waals surface area contributed by atoms with E-state index in [1.165, 1.54) is 17.1 Å². The van der Waals surface area contributed by atoms with Crippen molar-refractivity contribution in [3.05, 3.63) is 28.9 Å². The maximum atomic E-state index is 12.0. The molecule has 0 unspecified atom stereocenters. The maximum Gasteiger partial charge on any atom is 0.266 e. The van der Waals surface area contributed by atoms with E-state index in [9.17, 15) is 8.42 Å². The van der Waals surface area contributed by atoms with Gasteiger partial charge in [0.05, 0.1) is 6.20 Å². The highest BCUT2D eigenvalue weighted by molar-refractivity contribution is 7.92. The molecule has 0 atom stereocenters. The van der Waals surface area contributed by atoms with Crippen LogP contribution < -0.4 is 4.72 Å². The van der Waals surface area contributed by atoms with E-state index in [1.807, 2.05) is 0 Å². The van der Waals surface area contributed by atoms with Crippen LogP contribution in [0.4, 0.5) is 5.82 Å². The number of anilines is 1. The molecule has 2 aromatic rings. The molecule has 0 spiro atoms. The standard InChI is InChI=1S/C8H7Cl2N5O2S/c1-15-3-5(2-13-15)18(16,17)14-8-6(9)7(10)11-4-12-8/h2-4H,1H3,(H,11,12,14). The van der Waals surface area contributed by atoms with Crippen LogP contribution >= 0.6 is 23.2 Å². The molecule has 0 fully saturated rings. The quantitative estimate of drug-likeness (QED) is 0.864. The van der Waals surface area contributed by atoms with Gasteiger partial charge < -0.3 is 0 Å². The fraction of sp³-hybridized carbons (Fsp3) is 0.125. The van der Waals surface area contributed by atoms with E-state index in [0.29, 0.717) is 0 Å². The molecule has 0 radical (unpaired) electrons. The number of rotatable bonds is 3. The van der Waals surface area contributed by atoms with Gasteiger partial charge in [-0.25, -0.2) is 18.4 Å². The van der Waals surface area contributed by atoms with E-state index in [0.717, 1.165) is 6.33 Å². The van der Waals surface area contributed by atoms with E-state index in [4.69, 9.17) is 23.2 Å². The summed E-state index contributed by atoms with van der Waals surface area (Å²) in [7, 11) is -2.19. The van der Waals surface area contributed by atoms with Crippen molar-refractivity contribution in [1.82, 2.24) is 19.7 Å². The summed E-state index contributed by atoms with van der Waals surface area (Å²) in [6.07, 6.45) is 3.66. The van der Waals surface area contributed by atoms with E-state index in [2.05, 4.69) is 19.8 Å². The summed E-state index contributed by atoms with van der Waals surface area (Å²) < 4.78 is 27.5. The van der Waals surface area contributed by atoms with E-state index in [1.54, 1.807) is 7.05 Å². The normalized spacial score (nSPS) is 11.5. The first-order valence-electron chi connectivity index (χ1n) is 4.57. The number of hydrogen-bond donors (Lipinski definition) is 1. The van der Waals surface area contributed by atoms with Crippen LogP contribution in [-0.2, 0) is 17.1 Å². The second kappa shape index (κ2) is 4.71. The minimum atomic E-state index is -3.80. The lowest BCUT2D eigenvalue weighted by molar-refractivity contribution is 0.601. The highest BCUT2D eigenvalue weighted by Gasteiger charge is 2.19. The lowest BCUT2D eigenvalue weighted by Crippen LogP contribution is -2.14. The molecule has 0 saturated carbocycles. The van der Waals surface area contributed by atoms with Crippen LogP contribution in [0.15, 0.2) is 23.6 Å². The number of aromatic nitrogens is 4. The van der Waals surface area contributed by atoms with Crippen LogP contribution in [0.5, 0.6) is 0 Å². The summed E-state index contributed by atoms with van der Waals surface area (Å²) in [6.45, 7) is 0. The minimum Gasteiger partial charge on any atom is -0.274 e. The Kier molecular flexibility index (Phi) is 3.42. The Hall–Kier alpha value is -1.38. The number of nitrogens with zero attached hydrogens (tertiary/aromatic N) is 4. The third-order valence-electron chi connectivity index (χ3n) is 1.97. The summed E-state index contributed by atoms with van der Waals surface area (Å²) in [5, 5.41) is 3.68. The number of halogens is 2. The molecule has 0 aliphatic carbocycles. The van der Waals surface area contributed by atoms with Crippen molar-refractivity contribution in [1.29, 1.82) is 0 Å². The Bertz CT molecular complexity index is 685. The summed E-state index contributed by atoms with van der Waals surface area (Å²) >= 11 is 11.4. The van der Waals surface area contributed by atoms with Crippen molar-refractivity contribution in [2.75, 3.05) is 4.72 Å². The number of aryl methyl sites for hydroxylation is 1. The fourth-order valence-electron chi connectivity index (χ4n) is 1.14. The number of sulfonamides is 1. The second-order valence-electron chi connectivity index (χ2n) is 3.28. The third kappa shape index (κ3) is 2.55. The van der Waals surface area contributed by atoms with Crippen LogP contribution in [0.25, 0.3) is 0 Å². The number of hydrogen-bond acceptors (Lipinski definition) is 5. The van der Waals surface area contributed by atoms with Gasteiger partial charge in [0, 0.05) is 13.2 Å². The summed E-state index contributed by atoms with van der Waals surface area (Å²) in [6, 6.07) is 0. The van der Waals surface area contributed by atoms with Crippen molar-refractivity contribution < 1.29 is 8.42 Å². The Morgan fingerprint density at radius 1 is 1.33 bits per heavy atom. The van der Waals surface area contributed by atoms with Gasteiger partial charge in [-0.2, -0.15) is 5.10 Å². The van der Waals surface area contributed by atoms with Gasteiger partial charge in [-0.1, -0.05) is 23.2 Å². The SMILES string of the molecule is Cn1cc(S(=O)(=O)Nc2ncnc(Cl)c2Cl)cn1. The monoisotopic (exact) mass is 307 g/mol. The van der Waals surface area contributed by atoms with Gasteiger partial charge >= 0.3 is 0 Å². The van der Waals surface area contributed by atoms with Gasteiger partial charge in [0.1, 0.15) is 16.2 Å². The lowest BCUT2D eigenvalue weighted by atomic mass is 10.6. The molecule has 96 valence electrons. The molecule has 0 aromatic carbocycles. The zero-order valence-electron chi connectivity index (χ0n) is 9.00. The van der Waals surface area contributed by atoms with Crippen LogP contribution in [0.3, 0.4) is 0 Å². The number of nitrogens with one attached hydrogen (secondary N) is 1. The van der Waals surface area contributed by atoms with Crippen LogP contribution in [0.2, 0.25) is 10.2 Å². The van der Waals surface area contributed by atoms with Crippen molar-refractivity contribution >= 4 is 39.0 Å². The molecule has 1 N–H and O–H groups in total. The highest BCUT2D eigenvalue weighted by Crippen LogP contribution is 2.27. The Morgan fingerprint density at radius 2 is 2.06 bits per heavy atom. The highest BCUT2D eigenvalue weighted by atomic mass is 35.5. The van der Waals surface area contributed by atoms with Crippen molar-refractivity contribution in [3.8, 4) is 0 Å². The first kappa shape index (κ1) is 13.1. The molecule has 10 heteroatoms. The minimum absolute atomic E-state index is 0.00389. The molecular formula is C8H7Cl2N5O2S. The van der Waals surface area contributed by atoms with Crippen molar-refractivity contribution in [2.45, 2.75) is 4.90 Å². The molecule has 0 amide bonds. The van der Waals surface area contributed by atoms with Gasteiger partial charge in [0.15, 0.2) is 11.0 Å². The van der Waals surface area contributed by atoms with Gasteiger partial charge in [0.25, 0.3) is 10.0 Å². The summed E-state index contributed by atoms with van der Waals surface area (Å²) in [5.41, 5.74) is 0. The molecule has 18 heavy (non-hydrogen) atoms. The Balaban J connectivity index is 2.37. The van der Waals surface area contributed by atoms with Gasteiger partial charge in [0.2, 0.25) is 0 Å². The molecule has 0 saturated heterocycles. The predicted octanol–water partition coefficient (Wildman–Crippen LogP) is 1.32. The average molecular weight is 308 g/mol.